The van der Waals surface area contributed by atoms with Crippen LogP contribution >= 0.6 is 0 Å². The molecule has 2 atom stereocenters. The van der Waals surface area contributed by atoms with Crippen molar-refractivity contribution in [3.8, 4) is 0 Å². The molecule has 0 saturated carbocycles. The van der Waals surface area contributed by atoms with E-state index in [1.54, 1.807) is 0 Å². The molecule has 90 valence electrons. The highest BCUT2D eigenvalue weighted by atomic mass is 15.4. The van der Waals surface area contributed by atoms with Crippen molar-refractivity contribution < 1.29 is 0 Å². The Morgan fingerprint density at radius 2 is 1.44 bits per heavy atom. The van der Waals surface area contributed by atoms with E-state index < -0.39 is 0 Å². The van der Waals surface area contributed by atoms with Crippen LogP contribution in [0.3, 0.4) is 0 Å². The highest BCUT2D eigenvalue weighted by Crippen LogP contribution is 2.53. The molecule has 2 aliphatic heterocycles. The summed E-state index contributed by atoms with van der Waals surface area (Å²) in [4.78, 5) is 4.88. The summed E-state index contributed by atoms with van der Waals surface area (Å²) >= 11 is 0. The smallest absolute Gasteiger partial charge is 0.113 e. The number of anilines is 3. The Morgan fingerprint density at radius 1 is 0.833 bits per heavy atom. The molecule has 0 fully saturated rings. The maximum Gasteiger partial charge on any atom is 0.113 e. The first-order valence-corrected chi connectivity index (χ1v) is 6.49. The lowest BCUT2D eigenvalue weighted by Crippen LogP contribution is -2.37. The van der Waals surface area contributed by atoms with Crippen molar-refractivity contribution in [2.24, 2.45) is 0 Å². The zero-order chi connectivity index (χ0) is 12.3. The van der Waals surface area contributed by atoms with Crippen molar-refractivity contribution in [1.29, 1.82) is 0 Å². The highest BCUT2D eigenvalue weighted by Gasteiger charge is 2.44. The number of para-hydroxylation sites is 3. The molecule has 0 bridgehead atoms. The van der Waals surface area contributed by atoms with E-state index in [1.165, 1.54) is 22.6 Å². The van der Waals surface area contributed by atoms with Crippen LogP contribution in [0, 0.1) is 0 Å². The average molecular weight is 236 g/mol. The van der Waals surface area contributed by atoms with Gasteiger partial charge >= 0.3 is 0 Å². The zero-order valence-corrected chi connectivity index (χ0v) is 10.7. The van der Waals surface area contributed by atoms with Crippen LogP contribution in [0.4, 0.5) is 17.1 Å². The quantitative estimate of drug-likeness (QED) is 0.688. The van der Waals surface area contributed by atoms with Gasteiger partial charge in [0.2, 0.25) is 0 Å². The molecule has 0 saturated heterocycles. The van der Waals surface area contributed by atoms with Crippen molar-refractivity contribution in [1.82, 2.24) is 0 Å². The topological polar surface area (TPSA) is 6.48 Å². The van der Waals surface area contributed by atoms with Gasteiger partial charge in [0.05, 0.1) is 11.4 Å². The van der Waals surface area contributed by atoms with E-state index >= 15 is 0 Å². The lowest BCUT2D eigenvalue weighted by atomic mass is 10.0. The van der Waals surface area contributed by atoms with Gasteiger partial charge in [0, 0.05) is 18.7 Å². The number of hydrogen-bond donors (Lipinski definition) is 0. The molecule has 0 spiro atoms. The van der Waals surface area contributed by atoms with Gasteiger partial charge in [0.1, 0.15) is 6.17 Å². The van der Waals surface area contributed by atoms with Crippen LogP contribution in [-0.4, -0.2) is 13.2 Å². The third-order valence-electron chi connectivity index (χ3n) is 4.32. The van der Waals surface area contributed by atoms with E-state index in [0.29, 0.717) is 12.1 Å². The molecule has 2 aromatic carbocycles. The Morgan fingerprint density at radius 3 is 2.22 bits per heavy atom. The van der Waals surface area contributed by atoms with Crippen molar-refractivity contribution in [2.45, 2.75) is 19.0 Å². The van der Waals surface area contributed by atoms with Crippen LogP contribution in [0.1, 0.15) is 18.4 Å². The van der Waals surface area contributed by atoms with E-state index in [-0.39, 0.29) is 0 Å². The first-order chi connectivity index (χ1) is 8.79. The third-order valence-corrected chi connectivity index (χ3v) is 4.32. The van der Waals surface area contributed by atoms with E-state index in [0.717, 1.165) is 0 Å². The van der Waals surface area contributed by atoms with Crippen LogP contribution in [0.5, 0.6) is 0 Å². The Bertz CT molecular complexity index is 566. The summed E-state index contributed by atoms with van der Waals surface area (Å²) in [5.74, 6) is 0.540. The van der Waals surface area contributed by atoms with Crippen LogP contribution < -0.4 is 9.80 Å². The molecule has 0 amide bonds. The summed E-state index contributed by atoms with van der Waals surface area (Å²) in [5.41, 5.74) is 5.50. The van der Waals surface area contributed by atoms with Gasteiger partial charge in [-0.15, -0.1) is 0 Å². The van der Waals surface area contributed by atoms with Crippen molar-refractivity contribution in [3.05, 3.63) is 54.1 Å². The number of fused-ring (bicyclic) bond motifs is 5. The molecule has 0 N–H and O–H groups in total. The number of benzene rings is 2. The van der Waals surface area contributed by atoms with Crippen molar-refractivity contribution >= 4 is 17.1 Å². The second-order valence-corrected chi connectivity index (χ2v) is 5.23. The Hall–Kier alpha value is -1.96. The van der Waals surface area contributed by atoms with Gasteiger partial charge in [-0.1, -0.05) is 37.3 Å². The minimum Gasteiger partial charge on any atom is -0.352 e. The molecule has 4 rings (SSSR count). The predicted molar refractivity (Wildman–Crippen MR) is 75.6 cm³/mol. The number of nitrogens with zero attached hydrogens (tertiary/aromatic N) is 2. The zero-order valence-electron chi connectivity index (χ0n) is 10.7. The fourth-order valence-corrected chi connectivity index (χ4v) is 3.51. The standard InChI is InChI=1S/C16H16N2/c1-11-12-7-3-4-8-13(12)18-15-10-6-5-9-14(15)17(2)16(11)18/h3-11,16H,1-2H3. The van der Waals surface area contributed by atoms with Crippen LogP contribution in [0.2, 0.25) is 0 Å². The Balaban J connectivity index is 1.98. The molecular formula is C16H16N2. The van der Waals surface area contributed by atoms with Crippen LogP contribution in [0.15, 0.2) is 48.5 Å². The summed E-state index contributed by atoms with van der Waals surface area (Å²) in [6.07, 6.45) is 0.430. The van der Waals surface area contributed by atoms with Crippen molar-refractivity contribution in [2.75, 3.05) is 16.8 Å². The Kier molecular flexibility index (Phi) is 1.83. The van der Waals surface area contributed by atoms with E-state index in [9.17, 15) is 0 Å². The first kappa shape index (κ1) is 10.0. The fraction of sp³-hybridized carbons (Fsp3) is 0.250. The van der Waals surface area contributed by atoms with E-state index in [2.05, 4.69) is 72.3 Å². The number of rotatable bonds is 0. The molecular weight excluding hydrogens is 220 g/mol. The lowest BCUT2D eigenvalue weighted by Gasteiger charge is -2.27. The summed E-state index contributed by atoms with van der Waals surface area (Å²) in [5, 5.41) is 0. The minimum absolute atomic E-state index is 0.430. The third kappa shape index (κ3) is 1.03. The van der Waals surface area contributed by atoms with Gasteiger partial charge in [0.25, 0.3) is 0 Å². The average Bonchev–Trinajstić information content (AvgIpc) is 2.87. The molecule has 2 nitrogen and oxygen atoms in total. The minimum atomic E-state index is 0.430. The lowest BCUT2D eigenvalue weighted by molar-refractivity contribution is 0.605. The predicted octanol–water partition coefficient (Wildman–Crippen LogP) is 3.72. The summed E-state index contributed by atoms with van der Waals surface area (Å²) in [6, 6.07) is 17.5. The summed E-state index contributed by atoms with van der Waals surface area (Å²) in [6.45, 7) is 2.33. The van der Waals surface area contributed by atoms with Crippen LogP contribution in [0.25, 0.3) is 0 Å². The molecule has 2 unspecified atom stereocenters. The monoisotopic (exact) mass is 236 g/mol. The molecule has 18 heavy (non-hydrogen) atoms. The molecule has 2 heteroatoms. The number of hydrogen-bond acceptors (Lipinski definition) is 2. The molecule has 2 heterocycles. The van der Waals surface area contributed by atoms with Gasteiger partial charge in [-0.2, -0.15) is 0 Å². The first-order valence-electron chi connectivity index (χ1n) is 6.49. The van der Waals surface area contributed by atoms with E-state index in [1.807, 2.05) is 0 Å². The van der Waals surface area contributed by atoms with Gasteiger partial charge in [-0.05, 0) is 23.8 Å². The molecule has 2 aromatic rings. The molecule has 0 radical (unpaired) electrons. The Labute approximate surface area is 107 Å². The molecule has 2 aliphatic rings. The van der Waals surface area contributed by atoms with Crippen LogP contribution in [-0.2, 0) is 0 Å². The van der Waals surface area contributed by atoms with Gasteiger partial charge in [0.15, 0.2) is 0 Å². The van der Waals surface area contributed by atoms with E-state index in [4.69, 9.17) is 0 Å². The SMILES string of the molecule is CC1c2ccccc2N2c3ccccc3N(C)C12. The molecule has 0 aromatic heterocycles. The molecule has 0 aliphatic carbocycles. The van der Waals surface area contributed by atoms with Gasteiger partial charge in [-0.25, -0.2) is 0 Å². The number of likely N-dealkylation sites (N-methyl/N-ethyl adjacent to an activating group) is 1. The van der Waals surface area contributed by atoms with Gasteiger partial charge in [-0.3, -0.25) is 0 Å². The second-order valence-electron chi connectivity index (χ2n) is 5.23. The summed E-state index contributed by atoms with van der Waals surface area (Å²) < 4.78 is 0. The van der Waals surface area contributed by atoms with Gasteiger partial charge < -0.3 is 9.80 Å². The largest absolute Gasteiger partial charge is 0.352 e. The van der Waals surface area contributed by atoms with Crippen molar-refractivity contribution in [3.63, 3.8) is 0 Å². The maximum atomic E-state index is 2.48. The normalized spacial score (nSPS) is 23.9. The maximum absolute atomic E-state index is 2.48. The second kappa shape index (κ2) is 3.29. The summed E-state index contributed by atoms with van der Waals surface area (Å²) in [7, 11) is 2.20. The fourth-order valence-electron chi connectivity index (χ4n) is 3.51. The highest BCUT2D eigenvalue weighted by molar-refractivity contribution is 5.87.